The van der Waals surface area contributed by atoms with Gasteiger partial charge in [0.2, 0.25) is 5.91 Å². The molecule has 0 fully saturated rings. The summed E-state index contributed by atoms with van der Waals surface area (Å²) in [4.78, 5) is 24.1. The number of rotatable bonds is 9. The number of amides is 1. The number of carbonyl (C=O) groups is 1. The Kier molecular flexibility index (Phi) is 7.07. The van der Waals surface area contributed by atoms with E-state index in [2.05, 4.69) is 29.0 Å². The molecule has 0 bridgehead atoms. The molecule has 2 aromatic heterocycles. The number of sulfone groups is 1. The van der Waals surface area contributed by atoms with Crippen LogP contribution in [0.3, 0.4) is 0 Å². The van der Waals surface area contributed by atoms with Gasteiger partial charge in [0.1, 0.15) is 18.1 Å². The van der Waals surface area contributed by atoms with Crippen LogP contribution in [0.5, 0.6) is 0 Å². The molecule has 0 saturated carbocycles. The molecule has 0 spiro atoms. The predicted molar refractivity (Wildman–Crippen MR) is 133 cm³/mol. The molecule has 2 aromatic carbocycles. The molecule has 34 heavy (non-hydrogen) atoms. The first kappa shape index (κ1) is 23.6. The average molecular weight is 477 g/mol. The van der Waals surface area contributed by atoms with Gasteiger partial charge in [0, 0.05) is 31.7 Å². The molecule has 2 heterocycles. The highest BCUT2D eigenvalue weighted by Gasteiger charge is 2.21. The third-order valence-electron chi connectivity index (χ3n) is 5.67. The maximum Gasteiger partial charge on any atom is 0.243 e. The molecule has 7 nitrogen and oxygen atoms in total. The van der Waals surface area contributed by atoms with Crippen LogP contribution in [-0.4, -0.2) is 40.0 Å². The van der Waals surface area contributed by atoms with Crippen molar-refractivity contribution in [3.8, 4) is 0 Å². The second-order valence-corrected chi connectivity index (χ2v) is 10.6. The van der Waals surface area contributed by atoms with Crippen molar-refractivity contribution in [3.05, 3.63) is 95.6 Å². The van der Waals surface area contributed by atoms with Crippen molar-refractivity contribution < 1.29 is 13.2 Å². The molecule has 0 aliphatic heterocycles. The first-order chi connectivity index (χ1) is 16.3. The van der Waals surface area contributed by atoms with Gasteiger partial charge in [-0.3, -0.25) is 9.78 Å². The molecular formula is C26H28N4O3S. The van der Waals surface area contributed by atoms with Crippen molar-refractivity contribution in [1.82, 2.24) is 19.4 Å². The number of aromatic nitrogens is 3. The van der Waals surface area contributed by atoms with Gasteiger partial charge >= 0.3 is 0 Å². The van der Waals surface area contributed by atoms with E-state index in [0.717, 1.165) is 23.1 Å². The number of benzene rings is 2. The molecule has 0 saturated heterocycles. The topological polar surface area (TPSA) is 85.2 Å². The predicted octanol–water partition coefficient (Wildman–Crippen LogP) is 3.77. The van der Waals surface area contributed by atoms with E-state index in [0.29, 0.717) is 24.4 Å². The number of hydrogen-bond acceptors (Lipinski definition) is 5. The summed E-state index contributed by atoms with van der Waals surface area (Å²) in [5, 5.41) is 0. The summed E-state index contributed by atoms with van der Waals surface area (Å²) in [6.07, 6.45) is 5.58. The number of fused-ring (bicyclic) bond motifs is 1. The number of imidazole rings is 1. The maximum atomic E-state index is 13.6. The third-order valence-corrected chi connectivity index (χ3v) is 6.45. The van der Waals surface area contributed by atoms with Crippen molar-refractivity contribution in [3.63, 3.8) is 0 Å². The molecule has 0 unspecified atom stereocenters. The summed E-state index contributed by atoms with van der Waals surface area (Å²) in [5.41, 5.74) is 4.60. The van der Waals surface area contributed by atoms with E-state index in [1.807, 2.05) is 48.5 Å². The van der Waals surface area contributed by atoms with Crippen molar-refractivity contribution in [2.45, 2.75) is 38.7 Å². The van der Waals surface area contributed by atoms with E-state index in [4.69, 9.17) is 0 Å². The lowest BCUT2D eigenvalue weighted by Crippen LogP contribution is -2.33. The SMILES string of the molecule is CCc1ccc(CN(Cc2cccnc2)C(=O)Cn2c(CS(C)(=O)=O)nc3ccccc32)cc1. The van der Waals surface area contributed by atoms with Gasteiger partial charge < -0.3 is 9.47 Å². The van der Waals surface area contributed by atoms with Crippen molar-refractivity contribution in [1.29, 1.82) is 0 Å². The zero-order chi connectivity index (χ0) is 24.1. The number of hydrogen-bond donors (Lipinski definition) is 0. The molecule has 0 aliphatic rings. The molecule has 0 radical (unpaired) electrons. The van der Waals surface area contributed by atoms with Gasteiger partial charge in [-0.2, -0.15) is 0 Å². The Morgan fingerprint density at radius 1 is 0.941 bits per heavy atom. The van der Waals surface area contributed by atoms with Crippen LogP contribution in [0.15, 0.2) is 73.1 Å². The summed E-state index contributed by atoms with van der Waals surface area (Å²) in [6.45, 7) is 2.94. The van der Waals surface area contributed by atoms with Gasteiger partial charge in [-0.1, -0.05) is 49.4 Å². The quantitative estimate of drug-likeness (QED) is 0.367. The van der Waals surface area contributed by atoms with E-state index in [9.17, 15) is 13.2 Å². The summed E-state index contributed by atoms with van der Waals surface area (Å²) >= 11 is 0. The van der Waals surface area contributed by atoms with Crippen molar-refractivity contribution in [2.24, 2.45) is 0 Å². The van der Waals surface area contributed by atoms with E-state index < -0.39 is 9.84 Å². The van der Waals surface area contributed by atoms with Crippen LogP contribution in [0, 0.1) is 0 Å². The standard InChI is InChI=1S/C26H28N4O3S/c1-3-20-10-12-21(13-11-20)16-29(17-22-7-6-14-27-15-22)26(31)18-30-24-9-5-4-8-23(24)28-25(30)19-34(2,32)33/h4-15H,3,16-19H2,1-2H3. The Labute approximate surface area is 200 Å². The number of carbonyl (C=O) groups excluding carboxylic acids is 1. The second-order valence-electron chi connectivity index (χ2n) is 8.45. The van der Waals surface area contributed by atoms with E-state index in [1.165, 1.54) is 11.8 Å². The van der Waals surface area contributed by atoms with Crippen LogP contribution in [0.2, 0.25) is 0 Å². The average Bonchev–Trinajstić information content (AvgIpc) is 3.15. The highest BCUT2D eigenvalue weighted by molar-refractivity contribution is 7.89. The summed E-state index contributed by atoms with van der Waals surface area (Å²) in [7, 11) is -3.32. The molecule has 0 aliphatic carbocycles. The van der Waals surface area contributed by atoms with Gasteiger partial charge in [-0.05, 0) is 41.3 Å². The molecule has 4 rings (SSSR count). The monoisotopic (exact) mass is 476 g/mol. The lowest BCUT2D eigenvalue weighted by Gasteiger charge is -2.24. The Balaban J connectivity index is 1.66. The van der Waals surface area contributed by atoms with Crippen LogP contribution in [0.4, 0.5) is 0 Å². The third kappa shape index (κ3) is 5.88. The van der Waals surface area contributed by atoms with E-state index in [1.54, 1.807) is 21.9 Å². The zero-order valence-electron chi connectivity index (χ0n) is 19.4. The van der Waals surface area contributed by atoms with Crippen LogP contribution in [-0.2, 0) is 46.4 Å². The molecule has 8 heteroatoms. The van der Waals surface area contributed by atoms with E-state index in [-0.39, 0.29) is 18.2 Å². The molecular weight excluding hydrogens is 448 g/mol. The largest absolute Gasteiger partial charge is 0.332 e. The van der Waals surface area contributed by atoms with Crippen LogP contribution >= 0.6 is 0 Å². The lowest BCUT2D eigenvalue weighted by molar-refractivity contribution is -0.133. The van der Waals surface area contributed by atoms with Gasteiger partial charge in [-0.15, -0.1) is 0 Å². The normalized spacial score (nSPS) is 11.6. The smallest absolute Gasteiger partial charge is 0.243 e. The first-order valence-corrected chi connectivity index (χ1v) is 13.2. The van der Waals surface area contributed by atoms with Gasteiger partial charge in [0.15, 0.2) is 9.84 Å². The van der Waals surface area contributed by atoms with Gasteiger partial charge in [0.25, 0.3) is 0 Å². The second kappa shape index (κ2) is 10.2. The van der Waals surface area contributed by atoms with Crippen LogP contribution in [0.25, 0.3) is 11.0 Å². The Morgan fingerprint density at radius 3 is 2.32 bits per heavy atom. The summed E-state index contributed by atoms with van der Waals surface area (Å²) in [5.74, 6) is 0.0164. The summed E-state index contributed by atoms with van der Waals surface area (Å²) < 4.78 is 25.8. The number of para-hydroxylation sites is 2. The van der Waals surface area contributed by atoms with Gasteiger partial charge in [0.05, 0.1) is 11.0 Å². The molecule has 0 N–H and O–H groups in total. The molecule has 176 valence electrons. The number of nitrogens with zero attached hydrogens (tertiary/aromatic N) is 4. The van der Waals surface area contributed by atoms with Gasteiger partial charge in [-0.25, -0.2) is 13.4 Å². The highest BCUT2D eigenvalue weighted by Crippen LogP contribution is 2.19. The number of aryl methyl sites for hydroxylation is 1. The highest BCUT2D eigenvalue weighted by atomic mass is 32.2. The Hall–Kier alpha value is -3.52. The Bertz CT molecular complexity index is 1380. The van der Waals surface area contributed by atoms with Crippen LogP contribution < -0.4 is 0 Å². The van der Waals surface area contributed by atoms with Crippen molar-refractivity contribution >= 4 is 26.8 Å². The van der Waals surface area contributed by atoms with Crippen LogP contribution in [0.1, 0.15) is 29.4 Å². The van der Waals surface area contributed by atoms with E-state index >= 15 is 0 Å². The fourth-order valence-corrected chi connectivity index (χ4v) is 4.62. The summed E-state index contributed by atoms with van der Waals surface area (Å²) in [6, 6.07) is 19.4. The maximum absolute atomic E-state index is 13.6. The zero-order valence-corrected chi connectivity index (χ0v) is 20.2. The Morgan fingerprint density at radius 2 is 1.65 bits per heavy atom. The number of pyridine rings is 1. The fraction of sp³-hybridized carbons (Fsp3) is 0.269. The first-order valence-electron chi connectivity index (χ1n) is 11.2. The molecule has 0 atom stereocenters. The molecule has 1 amide bonds. The minimum absolute atomic E-state index is 0.00132. The minimum Gasteiger partial charge on any atom is -0.332 e. The molecule has 4 aromatic rings. The van der Waals surface area contributed by atoms with Crippen molar-refractivity contribution in [2.75, 3.05) is 6.26 Å². The minimum atomic E-state index is -3.32. The lowest BCUT2D eigenvalue weighted by atomic mass is 10.1. The fourth-order valence-electron chi connectivity index (χ4n) is 3.93.